The molecular formula is C17H14FN3O2. The van der Waals surface area contributed by atoms with Crippen molar-refractivity contribution in [1.82, 2.24) is 14.5 Å². The van der Waals surface area contributed by atoms with E-state index in [1.807, 2.05) is 6.92 Å². The van der Waals surface area contributed by atoms with Crippen LogP contribution < -0.4 is 5.56 Å². The highest BCUT2D eigenvalue weighted by molar-refractivity contribution is 6.05. The third-order valence-electron chi connectivity index (χ3n) is 3.66. The highest BCUT2D eigenvalue weighted by atomic mass is 19.1. The number of nitrogens with zero attached hydrogens (tertiary/aromatic N) is 3. The summed E-state index contributed by atoms with van der Waals surface area (Å²) in [6.45, 7) is 3.25. The molecule has 0 saturated carbocycles. The molecule has 0 fully saturated rings. The van der Waals surface area contributed by atoms with Crippen molar-refractivity contribution in [3.05, 3.63) is 57.8 Å². The van der Waals surface area contributed by atoms with Gasteiger partial charge in [0.05, 0.1) is 17.1 Å². The van der Waals surface area contributed by atoms with Crippen molar-refractivity contribution >= 4 is 16.7 Å². The Hall–Kier alpha value is -2.89. The predicted molar refractivity (Wildman–Crippen MR) is 84.9 cm³/mol. The van der Waals surface area contributed by atoms with Crippen LogP contribution in [0.4, 0.5) is 4.39 Å². The van der Waals surface area contributed by atoms with Crippen LogP contribution in [-0.2, 0) is 7.05 Å². The highest BCUT2D eigenvalue weighted by Crippen LogP contribution is 2.21. The second-order valence-electron chi connectivity index (χ2n) is 5.43. The summed E-state index contributed by atoms with van der Waals surface area (Å²) in [6.07, 6.45) is 1.06. The highest BCUT2D eigenvalue weighted by Gasteiger charge is 2.16. The van der Waals surface area contributed by atoms with Crippen LogP contribution in [0.25, 0.3) is 22.4 Å². The number of hydrogen-bond donors (Lipinski definition) is 0. The van der Waals surface area contributed by atoms with Gasteiger partial charge in [-0.05, 0) is 43.7 Å². The lowest BCUT2D eigenvalue weighted by Crippen LogP contribution is -2.21. The number of pyridine rings is 1. The fraction of sp³-hybridized carbons (Fsp3) is 0.176. The van der Waals surface area contributed by atoms with E-state index >= 15 is 0 Å². The second-order valence-corrected chi connectivity index (χ2v) is 5.43. The average molecular weight is 311 g/mol. The fourth-order valence-corrected chi connectivity index (χ4v) is 2.53. The summed E-state index contributed by atoms with van der Waals surface area (Å²) in [5.41, 5.74) is 1.63. The van der Waals surface area contributed by atoms with Crippen molar-refractivity contribution in [2.24, 2.45) is 7.05 Å². The van der Waals surface area contributed by atoms with Gasteiger partial charge in [0.1, 0.15) is 11.5 Å². The number of Topliss-reactive ketones (excluding diaryl/α,β-unsaturated/α-hetero) is 1. The molecule has 0 aliphatic rings. The lowest BCUT2D eigenvalue weighted by atomic mass is 10.0. The zero-order valence-corrected chi connectivity index (χ0v) is 12.9. The average Bonchev–Trinajstić information content (AvgIpc) is 2.51. The fourth-order valence-electron chi connectivity index (χ4n) is 2.53. The summed E-state index contributed by atoms with van der Waals surface area (Å²) >= 11 is 0. The lowest BCUT2D eigenvalue weighted by molar-refractivity contribution is 0.101. The molecule has 0 aliphatic carbocycles. The largest absolute Gasteiger partial charge is 0.294 e. The van der Waals surface area contributed by atoms with Crippen LogP contribution in [0.5, 0.6) is 0 Å². The van der Waals surface area contributed by atoms with Crippen molar-refractivity contribution < 1.29 is 9.18 Å². The van der Waals surface area contributed by atoms with E-state index in [9.17, 15) is 14.0 Å². The number of hydrogen-bond acceptors (Lipinski definition) is 4. The van der Waals surface area contributed by atoms with Crippen LogP contribution in [0.3, 0.4) is 0 Å². The Morgan fingerprint density at radius 1 is 1.26 bits per heavy atom. The minimum Gasteiger partial charge on any atom is -0.294 e. The van der Waals surface area contributed by atoms with Crippen LogP contribution in [0.2, 0.25) is 0 Å². The number of rotatable bonds is 2. The van der Waals surface area contributed by atoms with Crippen molar-refractivity contribution in [1.29, 1.82) is 0 Å². The van der Waals surface area contributed by atoms with Crippen LogP contribution in [0.15, 0.2) is 35.3 Å². The third kappa shape index (κ3) is 2.52. The second kappa shape index (κ2) is 5.39. The molecule has 2 aromatic heterocycles. The molecule has 116 valence electrons. The molecule has 0 saturated heterocycles. The van der Waals surface area contributed by atoms with Crippen LogP contribution in [0, 0.1) is 12.7 Å². The van der Waals surface area contributed by atoms with E-state index in [0.29, 0.717) is 22.2 Å². The number of halogens is 1. The Kier molecular flexibility index (Phi) is 3.52. The van der Waals surface area contributed by atoms with Gasteiger partial charge < -0.3 is 0 Å². The topological polar surface area (TPSA) is 64.8 Å². The monoisotopic (exact) mass is 311 g/mol. The van der Waals surface area contributed by atoms with Crippen LogP contribution in [0.1, 0.15) is 22.8 Å². The number of benzene rings is 1. The van der Waals surface area contributed by atoms with E-state index < -0.39 is 5.82 Å². The Morgan fingerprint density at radius 3 is 2.61 bits per heavy atom. The van der Waals surface area contributed by atoms with Gasteiger partial charge in [0.15, 0.2) is 11.6 Å². The first kappa shape index (κ1) is 15.0. The van der Waals surface area contributed by atoms with Crippen LogP contribution >= 0.6 is 0 Å². The standard InChI is InChI=1S/C17H14FN3O2/c1-9-6-12(10(2)22)15-13(7-9)17(23)21(3)16(20-15)14-5-4-11(18)8-19-14/h4-8H,1-3H3. The molecule has 0 bridgehead atoms. The maximum atomic E-state index is 13.1. The zero-order valence-electron chi connectivity index (χ0n) is 12.9. The van der Waals surface area contributed by atoms with Crippen molar-refractivity contribution in [2.75, 3.05) is 0 Å². The minimum atomic E-state index is -0.473. The van der Waals surface area contributed by atoms with E-state index in [0.717, 1.165) is 11.8 Å². The summed E-state index contributed by atoms with van der Waals surface area (Å²) in [4.78, 5) is 32.9. The first-order valence-electron chi connectivity index (χ1n) is 7.02. The van der Waals surface area contributed by atoms with E-state index in [-0.39, 0.29) is 17.2 Å². The molecule has 3 rings (SSSR count). The Bertz CT molecular complexity index is 991. The smallest absolute Gasteiger partial charge is 0.261 e. The predicted octanol–water partition coefficient (Wildman–Crippen LogP) is 2.65. The molecule has 0 radical (unpaired) electrons. The molecular weight excluding hydrogens is 297 g/mol. The Morgan fingerprint density at radius 2 is 2.00 bits per heavy atom. The molecule has 0 aliphatic heterocycles. The summed E-state index contributed by atoms with van der Waals surface area (Å²) in [6, 6.07) is 6.11. The van der Waals surface area contributed by atoms with Gasteiger partial charge in [0, 0.05) is 12.6 Å². The molecule has 0 atom stereocenters. The number of carbonyl (C=O) groups excluding carboxylic acids is 1. The van der Waals surface area contributed by atoms with E-state index in [4.69, 9.17) is 0 Å². The Labute approximate surface area is 131 Å². The van der Waals surface area contributed by atoms with E-state index in [1.165, 1.54) is 23.6 Å². The van der Waals surface area contributed by atoms with E-state index in [2.05, 4.69) is 9.97 Å². The van der Waals surface area contributed by atoms with Gasteiger partial charge >= 0.3 is 0 Å². The van der Waals surface area contributed by atoms with Gasteiger partial charge in [0.2, 0.25) is 0 Å². The van der Waals surface area contributed by atoms with Gasteiger partial charge in [-0.15, -0.1) is 0 Å². The summed E-state index contributed by atoms with van der Waals surface area (Å²) in [7, 11) is 1.57. The normalized spacial score (nSPS) is 11.0. The van der Waals surface area contributed by atoms with Crippen molar-refractivity contribution in [3.8, 4) is 11.5 Å². The molecule has 0 unspecified atom stereocenters. The first-order chi connectivity index (χ1) is 10.9. The number of aryl methyl sites for hydroxylation is 1. The summed E-state index contributed by atoms with van der Waals surface area (Å²) in [5, 5.41) is 0.378. The summed E-state index contributed by atoms with van der Waals surface area (Å²) in [5.74, 6) is -0.356. The first-order valence-corrected chi connectivity index (χ1v) is 7.02. The number of carbonyl (C=O) groups is 1. The maximum absolute atomic E-state index is 13.1. The lowest BCUT2D eigenvalue weighted by Gasteiger charge is -2.11. The van der Waals surface area contributed by atoms with Gasteiger partial charge in [-0.1, -0.05) is 0 Å². The SMILES string of the molecule is CC(=O)c1cc(C)cc2c(=O)n(C)c(-c3ccc(F)cn3)nc12. The quantitative estimate of drug-likeness (QED) is 0.683. The van der Waals surface area contributed by atoms with Gasteiger partial charge in [-0.2, -0.15) is 0 Å². The van der Waals surface area contributed by atoms with Gasteiger partial charge in [0.25, 0.3) is 5.56 Å². The van der Waals surface area contributed by atoms with Crippen LogP contribution in [-0.4, -0.2) is 20.3 Å². The van der Waals surface area contributed by atoms with Gasteiger partial charge in [-0.3, -0.25) is 14.2 Å². The number of fused-ring (bicyclic) bond motifs is 1. The molecule has 3 aromatic rings. The molecule has 5 nitrogen and oxygen atoms in total. The maximum Gasteiger partial charge on any atom is 0.261 e. The van der Waals surface area contributed by atoms with Gasteiger partial charge in [-0.25, -0.2) is 14.4 Å². The Balaban J connectivity index is 2.41. The molecule has 2 heterocycles. The molecule has 23 heavy (non-hydrogen) atoms. The minimum absolute atomic E-state index is 0.169. The number of aromatic nitrogens is 3. The van der Waals surface area contributed by atoms with Crippen molar-refractivity contribution in [2.45, 2.75) is 13.8 Å². The molecule has 0 N–H and O–H groups in total. The molecule has 0 amide bonds. The molecule has 6 heteroatoms. The number of ketones is 1. The molecule has 1 aromatic carbocycles. The van der Waals surface area contributed by atoms with Crippen molar-refractivity contribution in [3.63, 3.8) is 0 Å². The summed E-state index contributed by atoms with van der Waals surface area (Å²) < 4.78 is 14.4. The zero-order chi connectivity index (χ0) is 16.7. The molecule has 0 spiro atoms. The third-order valence-corrected chi connectivity index (χ3v) is 3.66. The van der Waals surface area contributed by atoms with E-state index in [1.54, 1.807) is 19.2 Å².